The molecule has 0 unspecified atom stereocenters. The van der Waals surface area contributed by atoms with E-state index in [0.29, 0.717) is 0 Å². The normalized spacial score (nSPS) is 10.8. The van der Waals surface area contributed by atoms with Crippen molar-refractivity contribution in [2.24, 2.45) is 0 Å². The summed E-state index contributed by atoms with van der Waals surface area (Å²) in [4.78, 5) is 0. The van der Waals surface area contributed by atoms with Gasteiger partial charge in [0.15, 0.2) is 0 Å². The fourth-order valence-corrected chi connectivity index (χ4v) is 2.24. The molecule has 19 heavy (non-hydrogen) atoms. The van der Waals surface area contributed by atoms with Crippen molar-refractivity contribution in [1.82, 2.24) is 14.8 Å². The molecule has 0 aliphatic carbocycles. The first kappa shape index (κ1) is 11.7. The third-order valence-corrected chi connectivity index (χ3v) is 3.22. The Labute approximate surface area is 111 Å². The second kappa shape index (κ2) is 4.72. The maximum atomic E-state index is 5.42. The first-order chi connectivity index (χ1) is 9.33. The van der Waals surface area contributed by atoms with E-state index in [-0.39, 0.29) is 0 Å². The van der Waals surface area contributed by atoms with Crippen LogP contribution in [-0.4, -0.2) is 21.9 Å². The summed E-state index contributed by atoms with van der Waals surface area (Å²) in [6.45, 7) is 2.13. The van der Waals surface area contributed by atoms with Crippen molar-refractivity contribution in [3.8, 4) is 17.0 Å². The second-order valence-electron chi connectivity index (χ2n) is 4.32. The van der Waals surface area contributed by atoms with E-state index in [2.05, 4.69) is 23.2 Å². The van der Waals surface area contributed by atoms with Gasteiger partial charge in [-0.05, 0) is 36.2 Å². The molecule has 0 atom stereocenters. The molecule has 0 saturated carbocycles. The van der Waals surface area contributed by atoms with E-state index in [0.717, 1.165) is 28.9 Å². The molecule has 0 N–H and O–H groups in total. The smallest absolute Gasteiger partial charge is 0.128 e. The van der Waals surface area contributed by atoms with Gasteiger partial charge in [0.05, 0.1) is 24.5 Å². The highest BCUT2D eigenvalue weighted by molar-refractivity contribution is 5.71. The van der Waals surface area contributed by atoms with Crippen molar-refractivity contribution in [2.75, 3.05) is 7.11 Å². The second-order valence-corrected chi connectivity index (χ2v) is 4.32. The van der Waals surface area contributed by atoms with Gasteiger partial charge in [0.1, 0.15) is 5.75 Å². The molecule has 2 aromatic heterocycles. The van der Waals surface area contributed by atoms with E-state index >= 15 is 0 Å². The number of methoxy groups -OCH3 is 1. The number of fused-ring (bicyclic) bond motifs is 1. The number of rotatable bonds is 3. The standard InChI is InChI=1S/C15H15N3O/c1-3-11-10-12-8-9-16-18(12)17-15(11)13-6-4-5-7-14(13)19-2/h4-10H,3H2,1-2H3. The molecule has 0 bridgehead atoms. The van der Waals surface area contributed by atoms with Crippen LogP contribution in [-0.2, 0) is 6.42 Å². The Bertz CT molecular complexity index is 718. The Morgan fingerprint density at radius 3 is 2.84 bits per heavy atom. The molecule has 3 rings (SSSR count). The Morgan fingerprint density at radius 2 is 2.05 bits per heavy atom. The number of para-hydroxylation sites is 1. The third kappa shape index (κ3) is 1.95. The van der Waals surface area contributed by atoms with Crippen LogP contribution in [0, 0.1) is 0 Å². The van der Waals surface area contributed by atoms with Crippen LogP contribution in [0.25, 0.3) is 16.8 Å². The fraction of sp³-hybridized carbons (Fsp3) is 0.200. The van der Waals surface area contributed by atoms with Gasteiger partial charge in [0, 0.05) is 5.56 Å². The van der Waals surface area contributed by atoms with Gasteiger partial charge < -0.3 is 4.74 Å². The molecule has 2 heterocycles. The summed E-state index contributed by atoms with van der Waals surface area (Å²) in [5, 5.41) is 8.81. The summed E-state index contributed by atoms with van der Waals surface area (Å²) < 4.78 is 7.08. The van der Waals surface area contributed by atoms with Crippen molar-refractivity contribution in [3.05, 3.63) is 48.2 Å². The minimum Gasteiger partial charge on any atom is -0.496 e. The van der Waals surface area contributed by atoms with Crippen LogP contribution in [0.4, 0.5) is 0 Å². The lowest BCUT2D eigenvalue weighted by Gasteiger charge is -2.11. The van der Waals surface area contributed by atoms with E-state index in [1.54, 1.807) is 17.9 Å². The quantitative estimate of drug-likeness (QED) is 0.720. The number of benzene rings is 1. The zero-order chi connectivity index (χ0) is 13.2. The molecule has 96 valence electrons. The molecule has 4 nitrogen and oxygen atoms in total. The highest BCUT2D eigenvalue weighted by Gasteiger charge is 2.12. The Hall–Kier alpha value is -2.36. The Balaban J connectivity index is 2.27. The minimum atomic E-state index is 0.830. The number of ether oxygens (including phenoxy) is 1. The van der Waals surface area contributed by atoms with Gasteiger partial charge in [-0.2, -0.15) is 9.73 Å². The number of hydrogen-bond acceptors (Lipinski definition) is 3. The van der Waals surface area contributed by atoms with E-state index in [4.69, 9.17) is 4.74 Å². The lowest BCUT2D eigenvalue weighted by Crippen LogP contribution is -2.01. The SMILES string of the molecule is CCc1cc2ccnn2nc1-c1ccccc1OC. The average Bonchev–Trinajstić information content (AvgIpc) is 2.93. The number of hydrogen-bond donors (Lipinski definition) is 0. The molecule has 1 aromatic carbocycles. The predicted octanol–water partition coefficient (Wildman–Crippen LogP) is 2.97. The molecule has 3 aromatic rings. The molecule has 0 fully saturated rings. The Morgan fingerprint density at radius 1 is 1.21 bits per heavy atom. The van der Waals surface area contributed by atoms with Crippen LogP contribution in [0.1, 0.15) is 12.5 Å². The molecule has 0 saturated heterocycles. The van der Waals surface area contributed by atoms with Gasteiger partial charge in [-0.15, -0.1) is 5.10 Å². The van der Waals surface area contributed by atoms with E-state index < -0.39 is 0 Å². The van der Waals surface area contributed by atoms with Gasteiger partial charge in [-0.3, -0.25) is 0 Å². The van der Waals surface area contributed by atoms with Crippen LogP contribution in [0.15, 0.2) is 42.6 Å². The van der Waals surface area contributed by atoms with Crippen LogP contribution < -0.4 is 4.74 Å². The molecule has 0 radical (unpaired) electrons. The topological polar surface area (TPSA) is 39.4 Å². The summed E-state index contributed by atoms with van der Waals surface area (Å²) >= 11 is 0. The Kier molecular flexibility index (Phi) is 2.91. The van der Waals surface area contributed by atoms with Crippen molar-refractivity contribution < 1.29 is 4.74 Å². The molecule has 4 heteroatoms. The average molecular weight is 253 g/mol. The summed E-state index contributed by atoms with van der Waals surface area (Å²) in [5.41, 5.74) is 4.13. The van der Waals surface area contributed by atoms with Crippen molar-refractivity contribution >= 4 is 5.52 Å². The highest BCUT2D eigenvalue weighted by Crippen LogP contribution is 2.31. The monoisotopic (exact) mass is 253 g/mol. The van der Waals surface area contributed by atoms with E-state index in [1.165, 1.54) is 5.56 Å². The van der Waals surface area contributed by atoms with Crippen LogP contribution >= 0.6 is 0 Å². The molecular formula is C15H15N3O. The lowest BCUT2D eigenvalue weighted by atomic mass is 10.0. The summed E-state index contributed by atoms with van der Waals surface area (Å²) in [6, 6.07) is 12.0. The fourth-order valence-electron chi connectivity index (χ4n) is 2.24. The van der Waals surface area contributed by atoms with Crippen molar-refractivity contribution in [1.29, 1.82) is 0 Å². The number of aromatic nitrogens is 3. The minimum absolute atomic E-state index is 0.830. The largest absolute Gasteiger partial charge is 0.496 e. The van der Waals surface area contributed by atoms with Gasteiger partial charge >= 0.3 is 0 Å². The van der Waals surface area contributed by atoms with Crippen molar-refractivity contribution in [3.63, 3.8) is 0 Å². The number of nitrogens with zero attached hydrogens (tertiary/aromatic N) is 3. The van der Waals surface area contributed by atoms with Gasteiger partial charge in [0.2, 0.25) is 0 Å². The summed E-state index contributed by atoms with van der Waals surface area (Å²) in [7, 11) is 1.68. The van der Waals surface area contributed by atoms with Gasteiger partial charge in [-0.25, -0.2) is 0 Å². The zero-order valence-electron chi connectivity index (χ0n) is 11.0. The van der Waals surface area contributed by atoms with Gasteiger partial charge in [-0.1, -0.05) is 19.1 Å². The molecular weight excluding hydrogens is 238 g/mol. The molecule has 0 aliphatic heterocycles. The maximum Gasteiger partial charge on any atom is 0.128 e. The molecule has 0 amide bonds. The van der Waals surface area contributed by atoms with Gasteiger partial charge in [0.25, 0.3) is 0 Å². The van der Waals surface area contributed by atoms with Crippen LogP contribution in [0.3, 0.4) is 0 Å². The zero-order valence-corrected chi connectivity index (χ0v) is 11.0. The first-order valence-electron chi connectivity index (χ1n) is 6.31. The third-order valence-electron chi connectivity index (χ3n) is 3.22. The lowest BCUT2D eigenvalue weighted by molar-refractivity contribution is 0.416. The highest BCUT2D eigenvalue weighted by atomic mass is 16.5. The van der Waals surface area contributed by atoms with Crippen LogP contribution in [0.2, 0.25) is 0 Å². The predicted molar refractivity (Wildman–Crippen MR) is 74.4 cm³/mol. The maximum absolute atomic E-state index is 5.42. The summed E-state index contributed by atoms with van der Waals surface area (Å²) in [6.07, 6.45) is 2.68. The number of aryl methyl sites for hydroxylation is 1. The molecule has 0 spiro atoms. The van der Waals surface area contributed by atoms with E-state index in [1.807, 2.05) is 30.3 Å². The van der Waals surface area contributed by atoms with Crippen molar-refractivity contribution in [2.45, 2.75) is 13.3 Å². The first-order valence-corrected chi connectivity index (χ1v) is 6.31. The van der Waals surface area contributed by atoms with E-state index in [9.17, 15) is 0 Å². The van der Waals surface area contributed by atoms with Crippen LogP contribution in [0.5, 0.6) is 5.75 Å². The summed E-state index contributed by atoms with van der Waals surface area (Å²) in [5.74, 6) is 0.830. The molecule has 0 aliphatic rings.